The maximum Gasteiger partial charge on any atom is 0.357 e. The van der Waals surface area contributed by atoms with Crippen molar-refractivity contribution < 1.29 is 18.7 Å². The molecule has 2 aromatic heterocycles. The van der Waals surface area contributed by atoms with E-state index in [4.69, 9.17) is 9.47 Å². The first-order valence-corrected chi connectivity index (χ1v) is 10.9. The molecule has 0 radical (unpaired) electrons. The smallest absolute Gasteiger partial charge is 0.357 e. The lowest BCUT2D eigenvalue weighted by molar-refractivity contribution is 0.00624. The Morgan fingerprint density at radius 1 is 1.09 bits per heavy atom. The van der Waals surface area contributed by atoms with Gasteiger partial charge in [0.05, 0.1) is 15.5 Å². The molecular weight excluding hydrogens is 491 g/mol. The molecule has 2 aromatic carbocycles. The van der Waals surface area contributed by atoms with Gasteiger partial charge in [-0.2, -0.15) is 0 Å². The largest absolute Gasteiger partial charge is 0.457 e. The van der Waals surface area contributed by atoms with Crippen LogP contribution in [0.3, 0.4) is 0 Å². The highest BCUT2D eigenvalue weighted by atomic mass is 79.9. The molecular formula is C24H22BrFN4O3. The van der Waals surface area contributed by atoms with Gasteiger partial charge >= 0.3 is 5.97 Å². The van der Waals surface area contributed by atoms with Crippen molar-refractivity contribution in [3.05, 3.63) is 70.7 Å². The van der Waals surface area contributed by atoms with Gasteiger partial charge in [0.1, 0.15) is 22.9 Å². The molecule has 0 aliphatic rings. The number of anilines is 2. The number of rotatable bonds is 5. The molecule has 0 spiro atoms. The molecule has 2 heterocycles. The summed E-state index contributed by atoms with van der Waals surface area (Å²) in [5.74, 6) is 0.666. The quantitative estimate of drug-likeness (QED) is 0.313. The molecule has 0 unspecified atom stereocenters. The van der Waals surface area contributed by atoms with Crippen molar-refractivity contribution in [1.82, 2.24) is 14.5 Å². The Labute approximate surface area is 198 Å². The Balaban J connectivity index is 1.56. The Morgan fingerprint density at radius 2 is 1.85 bits per heavy atom. The number of esters is 1. The third kappa shape index (κ3) is 5.31. The van der Waals surface area contributed by atoms with E-state index in [1.165, 1.54) is 18.3 Å². The zero-order valence-corrected chi connectivity index (χ0v) is 20.1. The monoisotopic (exact) mass is 512 g/mol. The lowest BCUT2D eigenvalue weighted by Crippen LogP contribution is -2.24. The van der Waals surface area contributed by atoms with Crippen molar-refractivity contribution in [3.8, 4) is 11.5 Å². The highest BCUT2D eigenvalue weighted by Crippen LogP contribution is 2.29. The molecule has 0 fully saturated rings. The van der Waals surface area contributed by atoms with E-state index < -0.39 is 11.6 Å². The number of carbonyl (C=O) groups is 1. The minimum atomic E-state index is -0.618. The van der Waals surface area contributed by atoms with E-state index >= 15 is 0 Å². The second-order valence-corrected chi connectivity index (χ2v) is 9.23. The summed E-state index contributed by atoms with van der Waals surface area (Å²) in [4.78, 5) is 21.0. The van der Waals surface area contributed by atoms with Crippen LogP contribution in [0.2, 0.25) is 0 Å². The molecule has 4 rings (SSSR count). The van der Waals surface area contributed by atoms with Crippen LogP contribution in [0.25, 0.3) is 11.0 Å². The maximum atomic E-state index is 13.8. The van der Waals surface area contributed by atoms with Gasteiger partial charge in [0, 0.05) is 31.1 Å². The molecule has 0 aliphatic heterocycles. The number of aryl methyl sites for hydroxylation is 1. The zero-order valence-electron chi connectivity index (χ0n) is 18.5. The van der Waals surface area contributed by atoms with E-state index in [1.54, 1.807) is 51.1 Å². The van der Waals surface area contributed by atoms with Gasteiger partial charge in [-0.15, -0.1) is 0 Å². The first-order chi connectivity index (χ1) is 15.6. The van der Waals surface area contributed by atoms with Gasteiger partial charge in [-0.3, -0.25) is 0 Å². The van der Waals surface area contributed by atoms with Crippen molar-refractivity contribution in [1.29, 1.82) is 0 Å². The number of ether oxygens (including phenoxy) is 2. The second kappa shape index (κ2) is 8.82. The molecule has 0 bridgehead atoms. The molecule has 0 saturated carbocycles. The molecule has 170 valence electrons. The number of benzene rings is 2. The van der Waals surface area contributed by atoms with Crippen molar-refractivity contribution in [3.63, 3.8) is 0 Å². The summed E-state index contributed by atoms with van der Waals surface area (Å²) in [6, 6.07) is 13.4. The van der Waals surface area contributed by atoms with Gasteiger partial charge in [0.2, 0.25) is 5.95 Å². The van der Waals surface area contributed by atoms with Gasteiger partial charge in [0.25, 0.3) is 0 Å². The molecule has 1 N–H and O–H groups in total. The van der Waals surface area contributed by atoms with Crippen LogP contribution in [-0.2, 0) is 11.8 Å². The molecule has 0 saturated heterocycles. The summed E-state index contributed by atoms with van der Waals surface area (Å²) in [6.45, 7) is 5.39. The summed E-state index contributed by atoms with van der Waals surface area (Å²) in [5.41, 5.74) is 1.68. The van der Waals surface area contributed by atoms with Gasteiger partial charge in [0.15, 0.2) is 5.69 Å². The Kier molecular flexibility index (Phi) is 6.07. The zero-order chi connectivity index (χ0) is 23.8. The number of hydrogen-bond donors (Lipinski definition) is 1. The number of fused-ring (bicyclic) bond motifs is 1. The predicted octanol–water partition coefficient (Wildman–Crippen LogP) is 6.36. The summed E-state index contributed by atoms with van der Waals surface area (Å²) in [7, 11) is 1.86. The van der Waals surface area contributed by atoms with E-state index in [0.29, 0.717) is 33.1 Å². The normalized spacial score (nSPS) is 11.5. The van der Waals surface area contributed by atoms with Crippen molar-refractivity contribution >= 4 is 44.6 Å². The van der Waals surface area contributed by atoms with Gasteiger partial charge in [-0.25, -0.2) is 19.2 Å². The Hall–Kier alpha value is -3.46. The van der Waals surface area contributed by atoms with Gasteiger partial charge in [-0.1, -0.05) is 0 Å². The van der Waals surface area contributed by atoms with E-state index in [1.807, 2.05) is 17.7 Å². The van der Waals surface area contributed by atoms with Crippen LogP contribution in [0.5, 0.6) is 11.5 Å². The third-order valence-electron chi connectivity index (χ3n) is 4.60. The van der Waals surface area contributed by atoms with E-state index in [2.05, 4.69) is 31.2 Å². The van der Waals surface area contributed by atoms with Crippen molar-refractivity contribution in [2.75, 3.05) is 5.32 Å². The van der Waals surface area contributed by atoms with Gasteiger partial charge < -0.3 is 19.4 Å². The summed E-state index contributed by atoms with van der Waals surface area (Å²) in [6.07, 6.45) is 1.49. The van der Waals surface area contributed by atoms with Crippen molar-refractivity contribution in [2.24, 2.45) is 7.05 Å². The number of nitrogens with zero attached hydrogens (tertiary/aromatic N) is 3. The lowest BCUT2D eigenvalue weighted by Gasteiger charge is -2.19. The number of nitrogens with one attached hydrogen (secondary N) is 1. The SMILES string of the molecule is Cn1c(Nc2ccc(Br)c(F)c2)nc2cc(Oc3ccnc(C(=O)OC(C)(C)C)c3)ccc21. The van der Waals surface area contributed by atoms with Crippen molar-refractivity contribution in [2.45, 2.75) is 26.4 Å². The number of halogens is 2. The molecule has 33 heavy (non-hydrogen) atoms. The maximum absolute atomic E-state index is 13.8. The molecule has 0 atom stereocenters. The predicted molar refractivity (Wildman–Crippen MR) is 128 cm³/mol. The van der Waals surface area contributed by atoms with Crippen LogP contribution in [0.1, 0.15) is 31.3 Å². The van der Waals surface area contributed by atoms with Crippen LogP contribution in [-0.4, -0.2) is 26.1 Å². The van der Waals surface area contributed by atoms with Gasteiger partial charge in [-0.05, 0) is 73.1 Å². The number of hydrogen-bond acceptors (Lipinski definition) is 6. The third-order valence-corrected chi connectivity index (χ3v) is 5.25. The Bertz CT molecular complexity index is 1350. The first-order valence-electron chi connectivity index (χ1n) is 10.1. The molecule has 0 amide bonds. The molecule has 4 aromatic rings. The topological polar surface area (TPSA) is 78.3 Å². The van der Waals surface area contributed by atoms with Crippen LogP contribution < -0.4 is 10.1 Å². The van der Waals surface area contributed by atoms with E-state index in [9.17, 15) is 9.18 Å². The highest BCUT2D eigenvalue weighted by Gasteiger charge is 2.19. The second-order valence-electron chi connectivity index (χ2n) is 8.38. The fourth-order valence-electron chi connectivity index (χ4n) is 3.11. The number of aromatic nitrogens is 3. The molecule has 9 heteroatoms. The molecule has 7 nitrogen and oxygen atoms in total. The summed E-state index contributed by atoms with van der Waals surface area (Å²) in [5, 5.41) is 3.13. The van der Waals surface area contributed by atoms with E-state index in [0.717, 1.165) is 5.52 Å². The fraction of sp³-hybridized carbons (Fsp3) is 0.208. The number of carbonyl (C=O) groups excluding carboxylic acids is 1. The first kappa shape index (κ1) is 22.7. The molecule has 0 aliphatic carbocycles. The standard InChI is InChI=1S/C24H22BrFN4O3/c1-24(2,3)33-22(31)20-13-16(9-10-27-20)32-15-6-8-21-19(12-15)29-23(30(21)4)28-14-5-7-17(25)18(26)11-14/h5-13H,1-4H3,(H,28,29). The number of imidazole rings is 1. The summed E-state index contributed by atoms with van der Waals surface area (Å²) < 4.78 is 27.4. The van der Waals surface area contributed by atoms with Crippen LogP contribution in [0.15, 0.2) is 59.2 Å². The average molecular weight is 513 g/mol. The van der Waals surface area contributed by atoms with Crippen LogP contribution in [0, 0.1) is 5.82 Å². The fourth-order valence-corrected chi connectivity index (χ4v) is 3.36. The lowest BCUT2D eigenvalue weighted by atomic mass is 10.2. The highest BCUT2D eigenvalue weighted by molar-refractivity contribution is 9.10. The van der Waals surface area contributed by atoms with E-state index in [-0.39, 0.29) is 11.5 Å². The Morgan fingerprint density at radius 3 is 2.58 bits per heavy atom. The average Bonchev–Trinajstić information content (AvgIpc) is 3.04. The summed E-state index contributed by atoms with van der Waals surface area (Å²) >= 11 is 3.15. The van der Waals surface area contributed by atoms with Crippen LogP contribution >= 0.6 is 15.9 Å². The number of pyridine rings is 1. The minimum Gasteiger partial charge on any atom is -0.457 e. The van der Waals surface area contributed by atoms with Crippen LogP contribution in [0.4, 0.5) is 16.0 Å². The minimum absolute atomic E-state index is 0.162.